The lowest BCUT2D eigenvalue weighted by Gasteiger charge is -2.13. The van der Waals surface area contributed by atoms with Crippen LogP contribution >= 0.6 is 23.2 Å². The van der Waals surface area contributed by atoms with Gasteiger partial charge in [-0.25, -0.2) is 0 Å². The second-order valence-corrected chi connectivity index (χ2v) is 5.59. The van der Waals surface area contributed by atoms with Gasteiger partial charge in [0.1, 0.15) is 5.84 Å². The molecule has 1 amide bonds. The third kappa shape index (κ3) is 4.59. The Hall–Kier alpha value is -1.30. The van der Waals surface area contributed by atoms with Gasteiger partial charge in [0.15, 0.2) is 0 Å². The highest BCUT2D eigenvalue weighted by Gasteiger charge is 2.18. The summed E-state index contributed by atoms with van der Waals surface area (Å²) in [6.45, 7) is 1.54. The Morgan fingerprint density at radius 2 is 2.19 bits per heavy atom. The van der Waals surface area contributed by atoms with Gasteiger partial charge in [0.25, 0.3) is 0 Å². The Morgan fingerprint density at radius 3 is 2.90 bits per heavy atom. The Morgan fingerprint density at radius 1 is 1.38 bits per heavy atom. The maximum atomic E-state index is 11.7. The minimum Gasteiger partial charge on any atom is -0.320 e. The lowest BCUT2D eigenvalue weighted by atomic mass is 10.3. The fourth-order valence-electron chi connectivity index (χ4n) is 2.03. The number of amidine groups is 1. The van der Waals surface area contributed by atoms with E-state index < -0.39 is 0 Å². The normalized spacial score (nSPS) is 14.2. The second kappa shape index (κ2) is 7.64. The molecule has 1 aromatic rings. The standard InChI is InChI=1S/C14H18Cl2N4O/c1-17-7-2-3-14(21)18-13-6-8-20(19-13)10-4-5-11(15)12(16)9-10/h4-5,9,17H,2-3,6-8H2,1H3,(H,18,19,21). The van der Waals surface area contributed by atoms with Crippen molar-refractivity contribution < 1.29 is 4.79 Å². The molecule has 0 aromatic heterocycles. The first kappa shape index (κ1) is 16.1. The third-order valence-corrected chi connectivity index (χ3v) is 3.86. The van der Waals surface area contributed by atoms with Crippen LogP contribution in [0.2, 0.25) is 10.0 Å². The molecule has 114 valence electrons. The molecule has 0 fully saturated rings. The molecular formula is C14H18Cl2N4O. The molecule has 0 saturated heterocycles. The number of hydrazone groups is 1. The van der Waals surface area contributed by atoms with Crippen LogP contribution in [0.15, 0.2) is 23.3 Å². The molecule has 1 aliphatic heterocycles. The van der Waals surface area contributed by atoms with Crippen molar-refractivity contribution in [3.05, 3.63) is 28.2 Å². The minimum atomic E-state index is -0.0000106. The van der Waals surface area contributed by atoms with Gasteiger partial charge in [-0.1, -0.05) is 23.2 Å². The minimum absolute atomic E-state index is 0.0000106. The summed E-state index contributed by atoms with van der Waals surface area (Å²) >= 11 is 11.9. The van der Waals surface area contributed by atoms with Gasteiger partial charge in [-0.2, -0.15) is 5.10 Å². The average molecular weight is 329 g/mol. The van der Waals surface area contributed by atoms with Crippen molar-refractivity contribution in [1.82, 2.24) is 10.6 Å². The molecule has 1 heterocycles. The quantitative estimate of drug-likeness (QED) is 0.817. The zero-order chi connectivity index (χ0) is 15.2. The number of halogens is 2. The summed E-state index contributed by atoms with van der Waals surface area (Å²) in [5, 5.41) is 13.1. The topological polar surface area (TPSA) is 56.7 Å². The summed E-state index contributed by atoms with van der Waals surface area (Å²) < 4.78 is 0. The van der Waals surface area contributed by atoms with Crippen molar-refractivity contribution >= 4 is 40.6 Å². The molecule has 2 N–H and O–H groups in total. The van der Waals surface area contributed by atoms with Gasteiger partial charge in [0, 0.05) is 19.4 Å². The van der Waals surface area contributed by atoms with Crippen molar-refractivity contribution in [2.45, 2.75) is 19.3 Å². The van der Waals surface area contributed by atoms with Crippen LogP contribution in [0.1, 0.15) is 19.3 Å². The van der Waals surface area contributed by atoms with E-state index in [9.17, 15) is 4.79 Å². The number of hydrogen-bond donors (Lipinski definition) is 2. The number of amides is 1. The van der Waals surface area contributed by atoms with E-state index in [4.69, 9.17) is 23.2 Å². The van der Waals surface area contributed by atoms with Crippen LogP contribution in [-0.2, 0) is 4.79 Å². The number of carbonyl (C=O) groups excluding carboxylic acids is 1. The van der Waals surface area contributed by atoms with Gasteiger partial charge in [0.05, 0.1) is 15.7 Å². The zero-order valence-corrected chi connectivity index (χ0v) is 13.3. The van der Waals surface area contributed by atoms with Crippen molar-refractivity contribution in [1.29, 1.82) is 0 Å². The Balaban J connectivity index is 1.92. The molecule has 0 aliphatic carbocycles. The van der Waals surface area contributed by atoms with E-state index in [0.717, 1.165) is 18.7 Å². The highest BCUT2D eigenvalue weighted by molar-refractivity contribution is 6.42. The molecule has 1 aromatic carbocycles. The summed E-state index contributed by atoms with van der Waals surface area (Å²) in [6.07, 6.45) is 2.01. The largest absolute Gasteiger partial charge is 0.320 e. The molecule has 2 rings (SSSR count). The fourth-order valence-corrected chi connectivity index (χ4v) is 2.32. The third-order valence-electron chi connectivity index (χ3n) is 3.12. The van der Waals surface area contributed by atoms with Gasteiger partial charge in [-0.15, -0.1) is 0 Å². The average Bonchev–Trinajstić information content (AvgIpc) is 2.90. The van der Waals surface area contributed by atoms with Crippen LogP contribution in [0.5, 0.6) is 0 Å². The number of nitrogens with one attached hydrogen (secondary N) is 2. The number of rotatable bonds is 5. The lowest BCUT2D eigenvalue weighted by molar-refractivity contribution is -0.119. The summed E-state index contributed by atoms with van der Waals surface area (Å²) in [6, 6.07) is 5.36. The molecule has 0 unspecified atom stereocenters. The molecule has 0 radical (unpaired) electrons. The van der Waals surface area contributed by atoms with Crippen LogP contribution in [-0.4, -0.2) is 31.9 Å². The van der Waals surface area contributed by atoms with Crippen LogP contribution in [0.25, 0.3) is 0 Å². The van der Waals surface area contributed by atoms with E-state index >= 15 is 0 Å². The molecule has 7 heteroatoms. The fraction of sp³-hybridized carbons (Fsp3) is 0.429. The Labute approximate surface area is 134 Å². The summed E-state index contributed by atoms with van der Waals surface area (Å²) in [5.74, 6) is 0.690. The summed E-state index contributed by atoms with van der Waals surface area (Å²) in [5.41, 5.74) is 0.865. The number of benzene rings is 1. The van der Waals surface area contributed by atoms with Crippen LogP contribution in [0.4, 0.5) is 5.69 Å². The van der Waals surface area contributed by atoms with E-state index in [-0.39, 0.29) is 5.91 Å². The first-order chi connectivity index (χ1) is 10.1. The molecule has 5 nitrogen and oxygen atoms in total. The van der Waals surface area contributed by atoms with E-state index in [1.165, 1.54) is 0 Å². The molecule has 1 aliphatic rings. The predicted octanol–water partition coefficient (Wildman–Crippen LogP) is 2.63. The van der Waals surface area contributed by atoms with Crippen molar-refractivity contribution in [3.8, 4) is 0 Å². The van der Waals surface area contributed by atoms with Gasteiger partial charge < -0.3 is 10.6 Å². The molecule has 0 bridgehead atoms. The van der Waals surface area contributed by atoms with Crippen molar-refractivity contribution in [3.63, 3.8) is 0 Å². The van der Waals surface area contributed by atoms with Crippen LogP contribution in [0.3, 0.4) is 0 Å². The molecule has 0 saturated carbocycles. The summed E-state index contributed by atoms with van der Waals surface area (Å²) in [4.78, 5) is 11.7. The Kier molecular flexibility index (Phi) is 5.85. The highest BCUT2D eigenvalue weighted by Crippen LogP contribution is 2.28. The molecule has 0 atom stereocenters. The van der Waals surface area contributed by atoms with Gasteiger partial charge in [0.2, 0.25) is 5.91 Å². The molecule has 21 heavy (non-hydrogen) atoms. The van der Waals surface area contributed by atoms with E-state index in [0.29, 0.717) is 35.3 Å². The van der Waals surface area contributed by atoms with Crippen molar-refractivity contribution in [2.24, 2.45) is 5.10 Å². The second-order valence-electron chi connectivity index (χ2n) is 4.77. The first-order valence-electron chi connectivity index (χ1n) is 6.84. The molecule has 0 spiro atoms. The Bertz CT molecular complexity index is 548. The highest BCUT2D eigenvalue weighted by atomic mass is 35.5. The van der Waals surface area contributed by atoms with Gasteiger partial charge >= 0.3 is 0 Å². The lowest BCUT2D eigenvalue weighted by Crippen LogP contribution is -2.29. The number of carbonyl (C=O) groups is 1. The van der Waals surface area contributed by atoms with E-state index in [1.807, 2.05) is 18.1 Å². The maximum Gasteiger partial charge on any atom is 0.225 e. The van der Waals surface area contributed by atoms with E-state index in [1.54, 1.807) is 12.1 Å². The summed E-state index contributed by atoms with van der Waals surface area (Å²) in [7, 11) is 1.87. The maximum absolute atomic E-state index is 11.7. The van der Waals surface area contributed by atoms with Crippen LogP contribution < -0.4 is 15.6 Å². The smallest absolute Gasteiger partial charge is 0.225 e. The number of hydrogen-bond acceptors (Lipinski definition) is 4. The monoisotopic (exact) mass is 328 g/mol. The van der Waals surface area contributed by atoms with Gasteiger partial charge in [-0.3, -0.25) is 9.80 Å². The predicted molar refractivity (Wildman–Crippen MR) is 87.2 cm³/mol. The number of nitrogens with zero attached hydrogens (tertiary/aromatic N) is 2. The van der Waals surface area contributed by atoms with Gasteiger partial charge in [-0.05, 0) is 38.2 Å². The number of anilines is 1. The van der Waals surface area contributed by atoms with Crippen LogP contribution in [0, 0.1) is 0 Å². The first-order valence-corrected chi connectivity index (χ1v) is 7.60. The molecular weight excluding hydrogens is 311 g/mol. The SMILES string of the molecule is CNCCCC(=O)NC1=NN(c2ccc(Cl)c(Cl)c2)CC1. The van der Waals surface area contributed by atoms with Crippen molar-refractivity contribution in [2.75, 3.05) is 25.1 Å². The zero-order valence-electron chi connectivity index (χ0n) is 11.8. The van der Waals surface area contributed by atoms with E-state index in [2.05, 4.69) is 15.7 Å².